The number of halogens is 1. The maximum Gasteiger partial charge on any atom is 0.140 e. The minimum Gasteiger partial charge on any atom is -0.485 e. The molecule has 0 amide bonds. The first-order valence-electron chi connectivity index (χ1n) is 6.34. The van der Waals surface area contributed by atoms with Crippen LogP contribution in [0.15, 0.2) is 24.3 Å². The van der Waals surface area contributed by atoms with Crippen molar-refractivity contribution in [3.63, 3.8) is 0 Å². The number of thiazole rings is 1. The van der Waals surface area contributed by atoms with E-state index in [9.17, 15) is 0 Å². The topological polar surface area (TPSA) is 48.1 Å². The fourth-order valence-corrected chi connectivity index (χ4v) is 3.14. The zero-order valence-electron chi connectivity index (χ0n) is 10.4. The number of ether oxygens (including phenoxy) is 1. The first-order valence-corrected chi connectivity index (χ1v) is 7.53. The largest absolute Gasteiger partial charge is 0.485 e. The van der Waals surface area contributed by atoms with Gasteiger partial charge in [0, 0.05) is 17.3 Å². The van der Waals surface area contributed by atoms with Crippen molar-refractivity contribution < 1.29 is 4.74 Å². The van der Waals surface area contributed by atoms with E-state index in [4.69, 9.17) is 22.1 Å². The van der Waals surface area contributed by atoms with Crippen LogP contribution in [0.1, 0.15) is 34.3 Å². The third-order valence-electron chi connectivity index (χ3n) is 3.11. The number of hydrogen-bond acceptors (Lipinski definition) is 4. The molecule has 3 rings (SSSR count). The van der Waals surface area contributed by atoms with E-state index in [0.717, 1.165) is 5.01 Å². The monoisotopic (exact) mass is 294 g/mol. The maximum atomic E-state index is 6.05. The second kappa shape index (κ2) is 5.49. The Morgan fingerprint density at radius 1 is 1.37 bits per heavy atom. The highest BCUT2D eigenvalue weighted by Crippen LogP contribution is 2.42. The number of hydrogen-bond donors (Lipinski definition) is 1. The molecular formula is C14H15ClN2OS. The number of para-hydroxylation sites is 1. The lowest BCUT2D eigenvalue weighted by Gasteiger charge is -2.05. The van der Waals surface area contributed by atoms with Crippen LogP contribution >= 0.6 is 22.9 Å². The summed E-state index contributed by atoms with van der Waals surface area (Å²) in [6.45, 7) is 1.02. The second-order valence-electron chi connectivity index (χ2n) is 4.61. The van der Waals surface area contributed by atoms with Gasteiger partial charge in [-0.15, -0.1) is 11.3 Å². The minimum absolute atomic E-state index is 0.452. The minimum atomic E-state index is 0.452. The van der Waals surface area contributed by atoms with Gasteiger partial charge >= 0.3 is 0 Å². The van der Waals surface area contributed by atoms with E-state index in [1.54, 1.807) is 11.3 Å². The molecule has 0 spiro atoms. The summed E-state index contributed by atoms with van der Waals surface area (Å²) in [6, 6.07) is 7.47. The highest BCUT2D eigenvalue weighted by Gasteiger charge is 2.29. The van der Waals surface area contributed by atoms with Crippen molar-refractivity contribution in [1.29, 1.82) is 0 Å². The van der Waals surface area contributed by atoms with Crippen molar-refractivity contribution >= 4 is 22.9 Å². The van der Waals surface area contributed by atoms with Gasteiger partial charge in [-0.05, 0) is 25.0 Å². The van der Waals surface area contributed by atoms with Crippen LogP contribution in [-0.4, -0.2) is 4.98 Å². The zero-order valence-corrected chi connectivity index (χ0v) is 12.0. The number of aromatic nitrogens is 1. The number of nitrogens with zero attached hydrogens (tertiary/aromatic N) is 1. The molecule has 2 aromatic rings. The van der Waals surface area contributed by atoms with Gasteiger partial charge in [-0.2, -0.15) is 0 Å². The van der Waals surface area contributed by atoms with Crippen LogP contribution in [0.2, 0.25) is 5.02 Å². The summed E-state index contributed by atoms with van der Waals surface area (Å²) in [4.78, 5) is 5.85. The summed E-state index contributed by atoms with van der Waals surface area (Å²) in [5.41, 5.74) is 6.95. The van der Waals surface area contributed by atoms with Crippen molar-refractivity contribution in [2.45, 2.75) is 31.9 Å². The van der Waals surface area contributed by atoms with E-state index in [1.807, 2.05) is 24.3 Å². The number of benzene rings is 1. The third kappa shape index (κ3) is 2.91. The summed E-state index contributed by atoms with van der Waals surface area (Å²) in [6.07, 6.45) is 2.48. The molecule has 0 aliphatic heterocycles. The van der Waals surface area contributed by atoms with Crippen LogP contribution < -0.4 is 10.5 Å². The Balaban J connectivity index is 1.71. The molecule has 3 nitrogen and oxygen atoms in total. The van der Waals surface area contributed by atoms with Gasteiger partial charge in [0.05, 0.1) is 10.7 Å². The van der Waals surface area contributed by atoms with Crippen molar-refractivity contribution in [3.05, 3.63) is 44.9 Å². The summed E-state index contributed by atoms with van der Waals surface area (Å²) < 4.78 is 5.71. The molecule has 1 aliphatic carbocycles. The highest BCUT2D eigenvalue weighted by atomic mass is 35.5. The average Bonchev–Trinajstić information content (AvgIpc) is 3.18. The molecule has 1 heterocycles. The fraction of sp³-hybridized carbons (Fsp3) is 0.357. The van der Waals surface area contributed by atoms with Gasteiger partial charge in [0.25, 0.3) is 0 Å². The third-order valence-corrected chi connectivity index (χ3v) is 4.49. The average molecular weight is 295 g/mol. The molecule has 19 heavy (non-hydrogen) atoms. The normalized spacial score (nSPS) is 14.6. The number of nitrogens with two attached hydrogens (primary N) is 1. The van der Waals surface area contributed by atoms with Crippen LogP contribution in [-0.2, 0) is 13.2 Å². The van der Waals surface area contributed by atoms with Crippen LogP contribution in [0, 0.1) is 0 Å². The van der Waals surface area contributed by atoms with E-state index in [-0.39, 0.29) is 0 Å². The van der Waals surface area contributed by atoms with E-state index < -0.39 is 0 Å². The molecule has 100 valence electrons. The first kappa shape index (κ1) is 12.9. The molecule has 1 aliphatic rings. The number of rotatable bonds is 5. The van der Waals surface area contributed by atoms with E-state index >= 15 is 0 Å². The molecule has 0 atom stereocenters. The standard InChI is InChI=1S/C14H15ClN2OS/c15-10-3-1-2-4-11(10)18-8-13-17-14(9-5-6-9)12(7-16)19-13/h1-4,9H,5-8,16H2. The van der Waals surface area contributed by atoms with Gasteiger partial charge < -0.3 is 10.5 Å². The fourth-order valence-electron chi connectivity index (χ4n) is 2.00. The molecule has 1 fully saturated rings. The summed E-state index contributed by atoms with van der Waals surface area (Å²) in [5, 5.41) is 1.60. The maximum absolute atomic E-state index is 6.05. The van der Waals surface area contributed by atoms with Crippen LogP contribution in [0.25, 0.3) is 0 Å². The molecular weight excluding hydrogens is 280 g/mol. The molecule has 1 aromatic carbocycles. The Morgan fingerprint density at radius 3 is 2.84 bits per heavy atom. The van der Waals surface area contributed by atoms with Gasteiger partial charge in [0.15, 0.2) is 0 Å². The summed E-state index contributed by atoms with van der Waals surface area (Å²) >= 11 is 7.70. The molecule has 0 saturated heterocycles. The predicted octanol–water partition coefficient (Wildman–Crippen LogP) is 3.71. The van der Waals surface area contributed by atoms with Crippen LogP contribution in [0.5, 0.6) is 5.75 Å². The van der Waals surface area contributed by atoms with Crippen LogP contribution in [0.3, 0.4) is 0 Å². The Kier molecular flexibility index (Phi) is 3.73. The lowest BCUT2D eigenvalue weighted by molar-refractivity contribution is 0.305. The predicted molar refractivity (Wildman–Crippen MR) is 77.8 cm³/mol. The van der Waals surface area contributed by atoms with Gasteiger partial charge in [-0.1, -0.05) is 23.7 Å². The quantitative estimate of drug-likeness (QED) is 0.914. The molecule has 1 aromatic heterocycles. The lowest BCUT2D eigenvalue weighted by Crippen LogP contribution is -1.97. The Bertz CT molecular complexity index is 581. The van der Waals surface area contributed by atoms with Gasteiger partial charge in [-0.25, -0.2) is 4.98 Å². The molecule has 0 unspecified atom stereocenters. The lowest BCUT2D eigenvalue weighted by atomic mass is 10.2. The summed E-state index contributed by atoms with van der Waals surface area (Å²) in [5.74, 6) is 1.32. The molecule has 0 bridgehead atoms. The molecule has 0 radical (unpaired) electrons. The molecule has 5 heteroatoms. The highest BCUT2D eigenvalue weighted by molar-refractivity contribution is 7.11. The Morgan fingerprint density at radius 2 is 2.16 bits per heavy atom. The van der Waals surface area contributed by atoms with Crippen LogP contribution in [0.4, 0.5) is 0 Å². The van der Waals surface area contributed by atoms with E-state index in [2.05, 4.69) is 4.98 Å². The smallest absolute Gasteiger partial charge is 0.140 e. The van der Waals surface area contributed by atoms with Gasteiger partial charge in [0.2, 0.25) is 0 Å². The van der Waals surface area contributed by atoms with Crippen molar-refractivity contribution in [1.82, 2.24) is 4.98 Å². The first-order chi connectivity index (χ1) is 9.28. The molecule has 1 saturated carbocycles. The Hall–Kier alpha value is -1.10. The second-order valence-corrected chi connectivity index (χ2v) is 6.19. The van der Waals surface area contributed by atoms with Crippen molar-refractivity contribution in [2.24, 2.45) is 5.73 Å². The SMILES string of the molecule is NCc1sc(COc2ccccc2Cl)nc1C1CC1. The summed E-state index contributed by atoms with van der Waals surface area (Å²) in [7, 11) is 0. The van der Waals surface area contributed by atoms with E-state index in [0.29, 0.717) is 29.8 Å². The van der Waals surface area contributed by atoms with E-state index in [1.165, 1.54) is 23.4 Å². The molecule has 2 N–H and O–H groups in total. The van der Waals surface area contributed by atoms with Crippen molar-refractivity contribution in [2.75, 3.05) is 0 Å². The van der Waals surface area contributed by atoms with Crippen molar-refractivity contribution in [3.8, 4) is 5.75 Å². The Labute approximate surface area is 121 Å². The van der Waals surface area contributed by atoms with Gasteiger partial charge in [0.1, 0.15) is 17.4 Å². The zero-order chi connectivity index (χ0) is 13.2. The van der Waals surface area contributed by atoms with Gasteiger partial charge in [-0.3, -0.25) is 0 Å².